The van der Waals surface area contributed by atoms with Crippen molar-refractivity contribution < 1.29 is 124 Å². The van der Waals surface area contributed by atoms with E-state index in [2.05, 4.69) is 0 Å². The molecule has 0 aliphatic heterocycles. The smallest absolute Gasteiger partial charge is 1.00 e. The Morgan fingerprint density at radius 1 is 1.20 bits per heavy atom. The third-order valence-electron chi connectivity index (χ3n) is 0. The molecule has 0 aromatic rings. The fraction of sp³-hybridized carbons (Fsp3) is 0. The van der Waals surface area contributed by atoms with E-state index in [1.54, 1.807) is 0 Å². The van der Waals surface area contributed by atoms with Crippen molar-refractivity contribution in [1.82, 2.24) is 0 Å². The summed E-state index contributed by atoms with van der Waals surface area (Å²) in [5.41, 5.74) is 0. The van der Waals surface area contributed by atoms with Crippen LogP contribution in [0, 0.1) is 0 Å². The molecule has 0 bridgehead atoms. The predicted molar refractivity (Wildman–Crippen MR) is 11.3 cm³/mol. The van der Waals surface area contributed by atoms with Crippen LogP contribution in [0.1, 0.15) is 7.13 Å². The second kappa shape index (κ2) is 22.8. The topological polar surface area (TPSA) is 0 Å². The second-order valence-electron chi connectivity index (χ2n) is 0. The van der Waals surface area contributed by atoms with Crippen molar-refractivity contribution in [3.8, 4) is 0 Å². The first kappa shape index (κ1) is 31.7. The van der Waals surface area contributed by atoms with Crippen LogP contribution >= 0.6 is 0 Å². The number of rotatable bonds is 0. The summed E-state index contributed by atoms with van der Waals surface area (Å²) in [5.74, 6) is 0. The van der Waals surface area contributed by atoms with Gasteiger partial charge in [-0.1, -0.05) is 0 Å². The maximum absolute atomic E-state index is 0. The van der Waals surface area contributed by atoms with Gasteiger partial charge in [-0.15, -0.1) is 0 Å². The van der Waals surface area contributed by atoms with Gasteiger partial charge in [0.25, 0.3) is 0 Å². The van der Waals surface area contributed by atoms with E-state index >= 15 is 0 Å². The molecule has 0 rings (SSSR count). The summed E-state index contributed by atoms with van der Waals surface area (Å²) in [6.07, 6.45) is 0. The van der Waals surface area contributed by atoms with E-state index in [1.807, 2.05) is 0 Å². The number of hydrogen-bond acceptors (Lipinski definition) is 0. The van der Waals surface area contributed by atoms with Crippen molar-refractivity contribution in [2.45, 2.75) is 0 Å². The van der Waals surface area contributed by atoms with Crippen LogP contribution < -0.4 is 99.8 Å². The second-order valence-corrected chi connectivity index (χ2v) is 0. The average Bonchev–Trinajstić information content (AvgIpc) is 0. The summed E-state index contributed by atoms with van der Waals surface area (Å²) in [4.78, 5) is 0. The normalized spacial score (nSPS) is 0. The fourth-order valence-corrected chi connectivity index (χ4v) is 0. The van der Waals surface area contributed by atoms with E-state index in [-0.39, 0.29) is 173 Å². The van der Waals surface area contributed by atoms with Crippen LogP contribution in [-0.2, 0) is 17.1 Å². The van der Waals surface area contributed by atoms with Gasteiger partial charge in [0.2, 0.25) is 0 Å². The molecule has 0 amide bonds. The first-order valence-electron chi connectivity index (χ1n) is 0. The first-order chi connectivity index (χ1) is 0. The SMILES string of the molecule is [Ba+2].[Cu].[H-].[H-].[H-].[H-].[H-].[K+].[Li+].[Na+]. The van der Waals surface area contributed by atoms with Crippen molar-refractivity contribution in [2.24, 2.45) is 0 Å². The molecule has 0 heterocycles. The quantitative estimate of drug-likeness (QED) is 0.385. The van der Waals surface area contributed by atoms with E-state index in [0.717, 1.165) is 0 Å². The van der Waals surface area contributed by atoms with E-state index in [0.29, 0.717) is 0 Å². The first-order valence-corrected chi connectivity index (χ1v) is 0. The Bertz CT molecular complexity index is 21.6. The van der Waals surface area contributed by atoms with Gasteiger partial charge in [-0.05, 0) is 0 Å². The molecule has 0 aromatic carbocycles. The molecule has 0 atom stereocenters. The van der Waals surface area contributed by atoms with Crippen molar-refractivity contribution >= 4 is 48.9 Å². The van der Waals surface area contributed by atoms with Crippen molar-refractivity contribution in [3.63, 3.8) is 0 Å². The molecule has 0 saturated heterocycles. The average molecular weight is 275 g/mol. The van der Waals surface area contributed by atoms with Gasteiger partial charge >= 0.3 is 149 Å². The maximum atomic E-state index is 0. The predicted octanol–water partition coefficient (Wildman–Crippen LogP) is -8.81. The summed E-state index contributed by atoms with van der Waals surface area (Å²) in [5, 5.41) is 0. The summed E-state index contributed by atoms with van der Waals surface area (Å²) < 4.78 is 0. The Hall–Kier alpha value is 5.32. The van der Waals surface area contributed by atoms with E-state index in [4.69, 9.17) is 0 Å². The fourth-order valence-electron chi connectivity index (χ4n) is 0. The summed E-state index contributed by atoms with van der Waals surface area (Å²) in [6, 6.07) is 0. The van der Waals surface area contributed by atoms with Gasteiger partial charge in [0.05, 0.1) is 0 Å². The van der Waals surface area contributed by atoms with Gasteiger partial charge in [-0.2, -0.15) is 0 Å². The van der Waals surface area contributed by atoms with E-state index in [9.17, 15) is 0 Å². The summed E-state index contributed by atoms with van der Waals surface area (Å²) in [7, 11) is 0. The van der Waals surface area contributed by atoms with Gasteiger partial charge in [-0.25, -0.2) is 0 Å². The van der Waals surface area contributed by atoms with E-state index < -0.39 is 0 Å². The summed E-state index contributed by atoms with van der Waals surface area (Å²) >= 11 is 0. The Morgan fingerprint density at radius 2 is 1.20 bits per heavy atom. The van der Waals surface area contributed by atoms with Gasteiger partial charge < -0.3 is 7.13 Å². The van der Waals surface area contributed by atoms with Gasteiger partial charge in [-0.3, -0.25) is 0 Å². The van der Waals surface area contributed by atoms with Crippen LogP contribution in [-0.4, -0.2) is 48.9 Å². The molecular formula is H5BaCuKLiNa. The van der Waals surface area contributed by atoms with Gasteiger partial charge in [0, 0.05) is 17.1 Å². The van der Waals surface area contributed by atoms with Crippen LogP contribution in [0.25, 0.3) is 0 Å². The molecule has 1 radical (unpaired) electrons. The molecule has 0 fully saturated rings. The van der Waals surface area contributed by atoms with Gasteiger partial charge in [0.1, 0.15) is 0 Å². The zero-order valence-electron chi connectivity index (χ0n) is 9.01. The minimum absolute atomic E-state index is 0. The Labute approximate surface area is 168 Å². The molecule has 21 valence electrons. The molecule has 0 saturated carbocycles. The molecular weight excluding hydrogens is 270 g/mol. The minimum atomic E-state index is 0. The third kappa shape index (κ3) is 17.6. The Morgan fingerprint density at radius 3 is 1.20 bits per heavy atom. The van der Waals surface area contributed by atoms with Gasteiger partial charge in [0.15, 0.2) is 0 Å². The molecule has 0 aliphatic carbocycles. The van der Waals surface area contributed by atoms with Crippen LogP contribution in [0.3, 0.4) is 0 Å². The van der Waals surface area contributed by atoms with Crippen molar-refractivity contribution in [3.05, 3.63) is 0 Å². The van der Waals surface area contributed by atoms with Crippen LogP contribution in [0.4, 0.5) is 0 Å². The largest absolute Gasteiger partial charge is 2.00 e. The molecule has 0 N–H and O–H groups in total. The Kier molecular flexibility index (Phi) is 144. The third-order valence-corrected chi connectivity index (χ3v) is 0. The minimum Gasteiger partial charge on any atom is -1.00 e. The standard InChI is InChI=1S/Ba.Cu.K.Li.Na.5H/q+2;;3*+1;5*-1. The molecule has 0 spiro atoms. The van der Waals surface area contributed by atoms with Crippen LogP contribution in [0.2, 0.25) is 0 Å². The molecule has 0 unspecified atom stereocenters. The molecule has 5 heavy (non-hydrogen) atoms. The molecule has 5 heteroatoms. The molecule has 0 nitrogen and oxygen atoms in total. The molecule has 0 aliphatic rings. The van der Waals surface area contributed by atoms with Crippen molar-refractivity contribution in [2.75, 3.05) is 0 Å². The van der Waals surface area contributed by atoms with Crippen molar-refractivity contribution in [1.29, 1.82) is 0 Å². The van der Waals surface area contributed by atoms with Crippen LogP contribution in [0.15, 0.2) is 0 Å². The monoisotopic (exact) mass is 275 g/mol. The zero-order valence-corrected chi connectivity index (χ0v) is 14.5. The van der Waals surface area contributed by atoms with Crippen LogP contribution in [0.5, 0.6) is 0 Å². The number of hydrogen-bond donors (Lipinski definition) is 0. The Balaban J connectivity index is 0. The zero-order chi connectivity index (χ0) is 0. The summed E-state index contributed by atoms with van der Waals surface area (Å²) in [6.45, 7) is 0. The van der Waals surface area contributed by atoms with E-state index in [1.165, 1.54) is 0 Å². The maximum Gasteiger partial charge on any atom is 2.00 e. The molecule has 0 aromatic heterocycles.